The van der Waals surface area contributed by atoms with Gasteiger partial charge in [-0.3, -0.25) is 4.79 Å². The summed E-state index contributed by atoms with van der Waals surface area (Å²) in [5.41, 5.74) is 7.70. The number of fused-ring (bicyclic) bond motifs is 1. The highest BCUT2D eigenvalue weighted by Gasteiger charge is 2.23. The molecule has 0 bridgehead atoms. The van der Waals surface area contributed by atoms with Crippen molar-refractivity contribution in [3.63, 3.8) is 0 Å². The molecule has 1 fully saturated rings. The molecule has 1 aliphatic carbocycles. The number of nitrogens with two attached hydrogens (primary N) is 1. The Balaban J connectivity index is 1.93. The number of pyridine rings is 1. The number of carbonyl (C=O) groups is 1. The van der Waals surface area contributed by atoms with Gasteiger partial charge in [0.25, 0.3) is 5.91 Å². The van der Waals surface area contributed by atoms with Crippen LogP contribution in [-0.2, 0) is 0 Å². The van der Waals surface area contributed by atoms with Crippen molar-refractivity contribution in [3.8, 4) is 0 Å². The van der Waals surface area contributed by atoms with Crippen LogP contribution in [0.3, 0.4) is 0 Å². The van der Waals surface area contributed by atoms with Gasteiger partial charge < -0.3 is 11.1 Å². The molecule has 2 aromatic heterocycles. The van der Waals surface area contributed by atoms with Crippen LogP contribution in [-0.4, -0.2) is 17.4 Å². The topological polar surface area (TPSA) is 68.0 Å². The maximum Gasteiger partial charge on any atom is 0.263 e. The van der Waals surface area contributed by atoms with Crippen LogP contribution < -0.4 is 11.1 Å². The van der Waals surface area contributed by atoms with Gasteiger partial charge in [0.2, 0.25) is 0 Å². The molecule has 2 heterocycles. The number of aromatic nitrogens is 1. The molecule has 94 valence electrons. The van der Waals surface area contributed by atoms with E-state index < -0.39 is 0 Å². The third-order valence-electron chi connectivity index (χ3n) is 3.29. The standard InChI is InChI=1S/C13H15N3OS/c1-7-4-5-15-13-9(7)10(14)11(18-13)12(17)16-6-8-2-3-8/h4-5,8H,2-3,6,14H2,1H3,(H,16,17). The highest BCUT2D eigenvalue weighted by Crippen LogP contribution is 2.34. The zero-order chi connectivity index (χ0) is 12.7. The van der Waals surface area contributed by atoms with Crippen molar-refractivity contribution < 1.29 is 4.79 Å². The maximum atomic E-state index is 12.1. The molecule has 0 unspecified atom stereocenters. The van der Waals surface area contributed by atoms with Crippen molar-refractivity contribution in [2.45, 2.75) is 19.8 Å². The number of hydrogen-bond acceptors (Lipinski definition) is 4. The molecule has 4 nitrogen and oxygen atoms in total. The summed E-state index contributed by atoms with van der Waals surface area (Å²) in [7, 11) is 0. The Hall–Kier alpha value is -1.62. The second kappa shape index (κ2) is 4.24. The summed E-state index contributed by atoms with van der Waals surface area (Å²) in [4.78, 5) is 17.8. The van der Waals surface area contributed by atoms with E-state index in [0.717, 1.165) is 22.3 Å². The predicted molar refractivity (Wildman–Crippen MR) is 73.8 cm³/mol. The zero-order valence-electron chi connectivity index (χ0n) is 10.2. The van der Waals surface area contributed by atoms with Crippen LogP contribution >= 0.6 is 11.3 Å². The van der Waals surface area contributed by atoms with Gasteiger partial charge in [0.05, 0.1) is 5.69 Å². The van der Waals surface area contributed by atoms with Gasteiger partial charge in [-0.05, 0) is 37.3 Å². The van der Waals surface area contributed by atoms with E-state index in [4.69, 9.17) is 5.73 Å². The number of thiophene rings is 1. The number of anilines is 1. The van der Waals surface area contributed by atoms with E-state index in [1.54, 1.807) is 6.20 Å². The van der Waals surface area contributed by atoms with E-state index in [2.05, 4.69) is 10.3 Å². The molecule has 5 heteroatoms. The van der Waals surface area contributed by atoms with Crippen molar-refractivity contribution in [2.24, 2.45) is 5.92 Å². The number of carbonyl (C=O) groups excluding carboxylic acids is 1. The number of aryl methyl sites for hydroxylation is 1. The summed E-state index contributed by atoms with van der Waals surface area (Å²) in [5.74, 6) is 0.603. The molecule has 0 aromatic carbocycles. The summed E-state index contributed by atoms with van der Waals surface area (Å²) in [6.45, 7) is 2.75. The molecule has 3 N–H and O–H groups in total. The van der Waals surface area contributed by atoms with E-state index in [-0.39, 0.29) is 5.91 Å². The quantitative estimate of drug-likeness (QED) is 0.891. The Labute approximate surface area is 109 Å². The molecule has 1 saturated carbocycles. The average Bonchev–Trinajstić information content (AvgIpc) is 3.11. The summed E-state index contributed by atoms with van der Waals surface area (Å²) < 4.78 is 0. The average molecular weight is 261 g/mol. The fourth-order valence-electron chi connectivity index (χ4n) is 2.01. The van der Waals surface area contributed by atoms with Crippen molar-refractivity contribution in [1.82, 2.24) is 10.3 Å². The summed E-state index contributed by atoms with van der Waals surface area (Å²) in [6, 6.07) is 1.91. The Morgan fingerprint density at radius 3 is 3.06 bits per heavy atom. The first-order chi connectivity index (χ1) is 8.66. The maximum absolute atomic E-state index is 12.1. The monoisotopic (exact) mass is 261 g/mol. The van der Waals surface area contributed by atoms with E-state index >= 15 is 0 Å². The Bertz CT molecular complexity index is 616. The fourth-order valence-corrected chi connectivity index (χ4v) is 3.07. The molecule has 18 heavy (non-hydrogen) atoms. The lowest BCUT2D eigenvalue weighted by molar-refractivity contribution is 0.0956. The zero-order valence-corrected chi connectivity index (χ0v) is 11.0. The highest BCUT2D eigenvalue weighted by molar-refractivity contribution is 7.21. The minimum absolute atomic E-state index is 0.0678. The van der Waals surface area contributed by atoms with E-state index in [1.165, 1.54) is 24.2 Å². The van der Waals surface area contributed by atoms with Gasteiger partial charge in [0.15, 0.2) is 0 Å². The smallest absolute Gasteiger partial charge is 0.263 e. The van der Waals surface area contributed by atoms with Crippen LogP contribution in [0.1, 0.15) is 28.1 Å². The van der Waals surface area contributed by atoms with Crippen LogP contribution in [0, 0.1) is 12.8 Å². The SMILES string of the molecule is Cc1ccnc2sc(C(=O)NCC3CC3)c(N)c12. The summed E-state index contributed by atoms with van der Waals surface area (Å²) in [6.07, 6.45) is 4.20. The molecule has 0 radical (unpaired) electrons. The number of hydrogen-bond donors (Lipinski definition) is 2. The lowest BCUT2D eigenvalue weighted by Crippen LogP contribution is -2.25. The van der Waals surface area contributed by atoms with Crippen molar-refractivity contribution in [1.29, 1.82) is 0 Å². The first-order valence-corrected chi connectivity index (χ1v) is 6.90. The van der Waals surface area contributed by atoms with Gasteiger partial charge in [0, 0.05) is 18.1 Å². The lowest BCUT2D eigenvalue weighted by atomic mass is 10.2. The first kappa shape index (κ1) is 11.5. The highest BCUT2D eigenvalue weighted by atomic mass is 32.1. The molecule has 2 aromatic rings. The molecule has 0 spiro atoms. The first-order valence-electron chi connectivity index (χ1n) is 6.08. The number of rotatable bonds is 3. The van der Waals surface area contributed by atoms with Gasteiger partial charge in [-0.1, -0.05) is 0 Å². The van der Waals surface area contributed by atoms with Crippen LogP contribution in [0.25, 0.3) is 10.2 Å². The second-order valence-electron chi connectivity index (χ2n) is 4.81. The van der Waals surface area contributed by atoms with Crippen LogP contribution in [0.4, 0.5) is 5.69 Å². The molecule has 0 atom stereocenters. The second-order valence-corrected chi connectivity index (χ2v) is 5.81. The minimum Gasteiger partial charge on any atom is -0.397 e. The van der Waals surface area contributed by atoms with Crippen LogP contribution in [0.15, 0.2) is 12.3 Å². The van der Waals surface area contributed by atoms with E-state index in [9.17, 15) is 4.79 Å². The molecule has 3 rings (SSSR count). The normalized spacial score (nSPS) is 14.9. The molecule has 1 aliphatic rings. The summed E-state index contributed by atoms with van der Waals surface area (Å²) >= 11 is 1.37. The van der Waals surface area contributed by atoms with Gasteiger partial charge in [-0.15, -0.1) is 11.3 Å². The Morgan fingerprint density at radius 1 is 1.61 bits per heavy atom. The number of amides is 1. The van der Waals surface area contributed by atoms with Gasteiger partial charge in [-0.2, -0.15) is 0 Å². The van der Waals surface area contributed by atoms with Gasteiger partial charge in [-0.25, -0.2) is 4.98 Å². The van der Waals surface area contributed by atoms with Crippen molar-refractivity contribution in [3.05, 3.63) is 22.7 Å². The van der Waals surface area contributed by atoms with Gasteiger partial charge >= 0.3 is 0 Å². The largest absolute Gasteiger partial charge is 0.397 e. The predicted octanol–water partition coefficient (Wildman–Crippen LogP) is 2.33. The molecular formula is C13H15N3OS. The van der Waals surface area contributed by atoms with Crippen LogP contribution in [0.5, 0.6) is 0 Å². The van der Waals surface area contributed by atoms with Crippen LogP contribution in [0.2, 0.25) is 0 Å². The third-order valence-corrected chi connectivity index (χ3v) is 4.40. The number of nitrogens with one attached hydrogen (secondary N) is 1. The Morgan fingerprint density at radius 2 is 2.39 bits per heavy atom. The third kappa shape index (κ3) is 1.95. The molecular weight excluding hydrogens is 246 g/mol. The molecule has 1 amide bonds. The number of nitrogen functional groups attached to an aromatic ring is 1. The van der Waals surface area contributed by atoms with Gasteiger partial charge in [0.1, 0.15) is 9.71 Å². The number of nitrogens with zero attached hydrogens (tertiary/aromatic N) is 1. The molecule has 0 saturated heterocycles. The molecule has 0 aliphatic heterocycles. The summed E-state index contributed by atoms with van der Waals surface area (Å²) in [5, 5.41) is 3.86. The van der Waals surface area contributed by atoms with E-state index in [1.807, 2.05) is 13.0 Å². The lowest BCUT2D eigenvalue weighted by Gasteiger charge is -2.02. The Kier molecular flexibility index (Phi) is 2.70. The fraction of sp³-hybridized carbons (Fsp3) is 0.385. The van der Waals surface area contributed by atoms with E-state index in [0.29, 0.717) is 16.5 Å². The van der Waals surface area contributed by atoms with Crippen molar-refractivity contribution >= 4 is 33.1 Å². The van der Waals surface area contributed by atoms with Crippen molar-refractivity contribution in [2.75, 3.05) is 12.3 Å². The minimum atomic E-state index is -0.0678.